The Labute approximate surface area is 186 Å². The number of nitrogens with one attached hydrogen (secondary N) is 1. The van der Waals surface area contributed by atoms with E-state index in [1.165, 1.54) is 16.8 Å². The Morgan fingerprint density at radius 2 is 1.59 bits per heavy atom. The fourth-order valence-corrected chi connectivity index (χ4v) is 3.64. The normalized spacial score (nSPS) is 12.7. The van der Waals surface area contributed by atoms with Gasteiger partial charge in [-0.3, -0.25) is 9.59 Å². The lowest BCUT2D eigenvalue weighted by Crippen LogP contribution is -2.39. The first-order valence-electron chi connectivity index (χ1n) is 10.3. The van der Waals surface area contributed by atoms with E-state index in [2.05, 4.69) is 5.32 Å². The van der Waals surface area contributed by atoms with Crippen LogP contribution in [-0.2, 0) is 18.3 Å². The van der Waals surface area contributed by atoms with Crippen LogP contribution in [0.3, 0.4) is 0 Å². The van der Waals surface area contributed by atoms with Crippen molar-refractivity contribution in [3.05, 3.63) is 83.7 Å². The second-order valence-corrected chi connectivity index (χ2v) is 7.94. The van der Waals surface area contributed by atoms with Gasteiger partial charge in [-0.15, -0.1) is 0 Å². The van der Waals surface area contributed by atoms with Crippen molar-refractivity contribution in [1.82, 2.24) is 9.88 Å². The Kier molecular flexibility index (Phi) is 7.10. The molecule has 1 heterocycles. The number of amides is 1. The first-order valence-corrected chi connectivity index (χ1v) is 10.3. The van der Waals surface area contributed by atoms with Gasteiger partial charge in [-0.05, 0) is 35.6 Å². The topological polar surface area (TPSA) is 109 Å². The second-order valence-electron chi connectivity index (χ2n) is 7.94. The SMILES string of the molecule is C[C@H](C[C@@H](Cc1ccc(-c2ccccc2)cc1)NC(=O)c1cc(C(=O)O)cn1C)C(=O)O. The highest BCUT2D eigenvalue weighted by molar-refractivity contribution is 5.97. The van der Waals surface area contributed by atoms with Gasteiger partial charge in [-0.2, -0.15) is 0 Å². The lowest BCUT2D eigenvalue weighted by atomic mass is 9.95. The predicted molar refractivity (Wildman–Crippen MR) is 121 cm³/mol. The highest BCUT2D eigenvalue weighted by atomic mass is 16.4. The summed E-state index contributed by atoms with van der Waals surface area (Å²) in [4.78, 5) is 35.4. The highest BCUT2D eigenvalue weighted by Gasteiger charge is 2.23. The van der Waals surface area contributed by atoms with E-state index in [0.29, 0.717) is 6.42 Å². The number of benzene rings is 2. The number of hydrogen-bond acceptors (Lipinski definition) is 3. The fourth-order valence-electron chi connectivity index (χ4n) is 3.64. The number of aliphatic carboxylic acids is 1. The van der Waals surface area contributed by atoms with E-state index in [1.807, 2.05) is 54.6 Å². The molecule has 0 bridgehead atoms. The molecule has 0 spiro atoms. The lowest BCUT2D eigenvalue weighted by Gasteiger charge is -2.21. The quantitative estimate of drug-likeness (QED) is 0.474. The molecule has 0 aliphatic rings. The Bertz CT molecular complexity index is 1100. The monoisotopic (exact) mass is 434 g/mol. The summed E-state index contributed by atoms with van der Waals surface area (Å²) < 4.78 is 1.45. The van der Waals surface area contributed by atoms with E-state index in [1.54, 1.807) is 14.0 Å². The van der Waals surface area contributed by atoms with Crippen LogP contribution < -0.4 is 5.32 Å². The summed E-state index contributed by atoms with van der Waals surface area (Å²) in [5.74, 6) is -3.14. The average Bonchev–Trinajstić information content (AvgIpc) is 3.17. The van der Waals surface area contributed by atoms with Crippen molar-refractivity contribution in [2.24, 2.45) is 13.0 Å². The molecular weight excluding hydrogens is 408 g/mol. The van der Waals surface area contributed by atoms with Crippen molar-refractivity contribution >= 4 is 17.8 Å². The van der Waals surface area contributed by atoms with Crippen LogP contribution in [0.15, 0.2) is 66.9 Å². The van der Waals surface area contributed by atoms with Crippen molar-refractivity contribution < 1.29 is 24.6 Å². The van der Waals surface area contributed by atoms with Crippen LogP contribution in [0.2, 0.25) is 0 Å². The molecule has 3 N–H and O–H groups in total. The molecule has 32 heavy (non-hydrogen) atoms. The zero-order chi connectivity index (χ0) is 23.3. The van der Waals surface area contributed by atoms with Crippen molar-refractivity contribution in [1.29, 1.82) is 0 Å². The fraction of sp³-hybridized carbons (Fsp3) is 0.240. The molecule has 7 nitrogen and oxygen atoms in total. The molecule has 3 rings (SSSR count). The van der Waals surface area contributed by atoms with Crippen LogP contribution in [0, 0.1) is 5.92 Å². The summed E-state index contributed by atoms with van der Waals surface area (Å²) in [5.41, 5.74) is 3.35. The van der Waals surface area contributed by atoms with Crippen LogP contribution >= 0.6 is 0 Å². The molecular formula is C25H26N2O5. The molecule has 0 aliphatic heterocycles. The third-order valence-corrected chi connectivity index (χ3v) is 5.42. The summed E-state index contributed by atoms with van der Waals surface area (Å²) in [7, 11) is 1.60. The maximum atomic E-state index is 12.8. The van der Waals surface area contributed by atoms with Gasteiger partial charge in [0.2, 0.25) is 0 Å². The molecule has 0 fully saturated rings. The maximum Gasteiger partial charge on any atom is 0.337 e. The van der Waals surface area contributed by atoms with E-state index in [0.717, 1.165) is 16.7 Å². The van der Waals surface area contributed by atoms with Crippen LogP contribution in [0.1, 0.15) is 39.8 Å². The van der Waals surface area contributed by atoms with Gasteiger partial charge in [0.15, 0.2) is 0 Å². The Morgan fingerprint density at radius 1 is 0.969 bits per heavy atom. The Balaban J connectivity index is 1.77. The third kappa shape index (κ3) is 5.63. The van der Waals surface area contributed by atoms with Gasteiger partial charge in [-0.25, -0.2) is 4.79 Å². The molecule has 0 aliphatic carbocycles. The number of rotatable bonds is 9. The standard InChI is InChI=1S/C25H26N2O5/c1-16(24(29)30)12-21(26-23(28)22-14-20(25(31)32)15-27(22)2)13-17-8-10-19(11-9-17)18-6-4-3-5-7-18/h3-11,14-16,21H,12-13H2,1-2H3,(H,26,28)(H,29,30)(H,31,32)/t16-,21+/m1/s1. The van der Waals surface area contributed by atoms with Gasteiger partial charge < -0.3 is 20.1 Å². The molecule has 0 saturated carbocycles. The van der Waals surface area contributed by atoms with Crippen LogP contribution in [-0.4, -0.2) is 38.7 Å². The van der Waals surface area contributed by atoms with Gasteiger partial charge in [0.05, 0.1) is 11.5 Å². The highest BCUT2D eigenvalue weighted by Crippen LogP contribution is 2.21. The molecule has 0 saturated heterocycles. The largest absolute Gasteiger partial charge is 0.481 e. The van der Waals surface area contributed by atoms with Crippen LogP contribution in [0.25, 0.3) is 11.1 Å². The summed E-state index contributed by atoms with van der Waals surface area (Å²) in [5, 5.41) is 21.4. The first-order chi connectivity index (χ1) is 15.2. The number of carbonyl (C=O) groups excluding carboxylic acids is 1. The van der Waals surface area contributed by atoms with Crippen molar-refractivity contribution in [2.45, 2.75) is 25.8 Å². The molecule has 7 heteroatoms. The van der Waals surface area contributed by atoms with E-state index in [9.17, 15) is 19.5 Å². The number of carboxylic acids is 2. The van der Waals surface area contributed by atoms with Gasteiger partial charge >= 0.3 is 11.9 Å². The van der Waals surface area contributed by atoms with E-state index >= 15 is 0 Å². The molecule has 2 atom stereocenters. The first kappa shape index (κ1) is 22.8. The van der Waals surface area contributed by atoms with Crippen LogP contribution in [0.4, 0.5) is 0 Å². The van der Waals surface area contributed by atoms with Gasteiger partial charge in [-0.1, -0.05) is 61.5 Å². The summed E-state index contributed by atoms with van der Waals surface area (Å²) in [6, 6.07) is 18.8. The number of aromatic carboxylic acids is 1. The zero-order valence-electron chi connectivity index (χ0n) is 18.0. The molecule has 1 aromatic heterocycles. The summed E-state index contributed by atoms with van der Waals surface area (Å²) >= 11 is 0. The minimum absolute atomic E-state index is 0.0182. The number of hydrogen-bond donors (Lipinski definition) is 3. The van der Waals surface area contributed by atoms with E-state index < -0.39 is 29.8 Å². The van der Waals surface area contributed by atoms with E-state index in [4.69, 9.17) is 5.11 Å². The molecule has 1 amide bonds. The molecule has 3 aromatic rings. The Hall–Kier alpha value is -3.87. The summed E-state index contributed by atoms with van der Waals surface area (Å²) in [6.45, 7) is 1.60. The summed E-state index contributed by atoms with van der Waals surface area (Å²) in [6.07, 6.45) is 2.07. The zero-order valence-corrected chi connectivity index (χ0v) is 18.0. The minimum Gasteiger partial charge on any atom is -0.481 e. The molecule has 0 unspecified atom stereocenters. The minimum atomic E-state index is -1.12. The van der Waals surface area contributed by atoms with Crippen LogP contribution in [0.5, 0.6) is 0 Å². The number of nitrogens with zero attached hydrogens (tertiary/aromatic N) is 1. The molecule has 0 radical (unpaired) electrons. The predicted octanol–water partition coefficient (Wildman–Crippen LogP) is 3.84. The number of aryl methyl sites for hydroxylation is 1. The van der Waals surface area contributed by atoms with Crippen molar-refractivity contribution in [3.63, 3.8) is 0 Å². The molecule has 2 aromatic carbocycles. The number of carboxylic acid groups (broad SMARTS) is 2. The Morgan fingerprint density at radius 3 is 2.16 bits per heavy atom. The van der Waals surface area contributed by atoms with E-state index in [-0.39, 0.29) is 17.7 Å². The van der Waals surface area contributed by atoms with Gasteiger partial charge in [0.25, 0.3) is 5.91 Å². The van der Waals surface area contributed by atoms with Crippen molar-refractivity contribution in [3.8, 4) is 11.1 Å². The van der Waals surface area contributed by atoms with Gasteiger partial charge in [0, 0.05) is 19.3 Å². The number of aromatic nitrogens is 1. The second kappa shape index (κ2) is 9.96. The lowest BCUT2D eigenvalue weighted by molar-refractivity contribution is -0.141. The number of carbonyl (C=O) groups is 3. The third-order valence-electron chi connectivity index (χ3n) is 5.42. The van der Waals surface area contributed by atoms with Gasteiger partial charge in [0.1, 0.15) is 5.69 Å². The molecule has 166 valence electrons. The maximum absolute atomic E-state index is 12.8. The average molecular weight is 434 g/mol. The van der Waals surface area contributed by atoms with Crippen molar-refractivity contribution in [2.75, 3.05) is 0 Å². The smallest absolute Gasteiger partial charge is 0.337 e.